The van der Waals surface area contributed by atoms with Crippen LogP contribution < -0.4 is 11.1 Å². The fourth-order valence-electron chi connectivity index (χ4n) is 2.86. The van der Waals surface area contributed by atoms with Crippen LogP contribution in [0.1, 0.15) is 15.9 Å². The summed E-state index contributed by atoms with van der Waals surface area (Å²) in [7, 11) is 1.04. The largest absolute Gasteiger partial charge is 0.480 e. The van der Waals surface area contributed by atoms with Crippen molar-refractivity contribution in [3.8, 4) is 0 Å². The molecule has 2 rings (SSSR count). The Labute approximate surface area is 171 Å². The number of esters is 1. The number of carbonyl (C=O) groups is 5. The summed E-state index contributed by atoms with van der Waals surface area (Å²) in [6.07, 6.45) is 0. The molecular weight excluding hydrogens is 398 g/mol. The van der Waals surface area contributed by atoms with Gasteiger partial charge in [0.15, 0.2) is 0 Å². The van der Waals surface area contributed by atoms with Crippen LogP contribution in [0.2, 0.25) is 0 Å². The molecule has 0 aliphatic carbocycles. The van der Waals surface area contributed by atoms with E-state index in [4.69, 9.17) is 16.2 Å². The average Bonchev–Trinajstić information content (AvgIpc) is 2.72. The molecule has 1 heterocycles. The highest BCUT2D eigenvalue weighted by molar-refractivity contribution is 6.06. The van der Waals surface area contributed by atoms with E-state index in [2.05, 4.69) is 10.1 Å². The highest BCUT2D eigenvalue weighted by Gasteiger charge is 2.43. The number of carbonyl (C=O) groups excluding carboxylic acids is 4. The number of carboxylic acids is 1. The van der Waals surface area contributed by atoms with Crippen LogP contribution in [0.15, 0.2) is 24.3 Å². The normalized spacial score (nSPS) is 16.0. The van der Waals surface area contributed by atoms with E-state index >= 15 is 0 Å². The van der Waals surface area contributed by atoms with Gasteiger partial charge in [0.25, 0.3) is 11.8 Å². The molecular formula is C18H21N5O7. The van der Waals surface area contributed by atoms with Gasteiger partial charge in [0, 0.05) is 24.2 Å². The minimum Gasteiger partial charge on any atom is -0.480 e. The quantitative estimate of drug-likeness (QED) is 0.169. The Kier molecular flexibility index (Phi) is 7.07. The summed E-state index contributed by atoms with van der Waals surface area (Å²) in [6.45, 7) is -1.28. The molecule has 0 aromatic heterocycles. The van der Waals surface area contributed by atoms with Crippen molar-refractivity contribution in [3.05, 3.63) is 35.4 Å². The van der Waals surface area contributed by atoms with Gasteiger partial charge in [-0.05, 0) is 12.1 Å². The lowest BCUT2D eigenvalue weighted by atomic mass is 10.1. The van der Waals surface area contributed by atoms with E-state index in [0.29, 0.717) is 5.56 Å². The fourth-order valence-corrected chi connectivity index (χ4v) is 2.86. The van der Waals surface area contributed by atoms with Crippen LogP contribution in [0.25, 0.3) is 0 Å². The predicted octanol–water partition coefficient (Wildman–Crippen LogP) is -2.00. The number of methoxy groups -OCH3 is 1. The lowest BCUT2D eigenvalue weighted by molar-refractivity contribution is -0.166. The fraction of sp³-hybridized carbons (Fsp3) is 0.333. The molecule has 1 aliphatic rings. The SMILES string of the molecule is COC(=O)C1C(=O)N(CC(=O)O)CCN1C(=O)CNC(=O)c1ccc(C(=N)N)cc1. The molecule has 1 unspecified atom stereocenters. The first-order chi connectivity index (χ1) is 14.1. The number of amidine groups is 1. The Morgan fingerprint density at radius 1 is 1.20 bits per heavy atom. The van der Waals surface area contributed by atoms with Crippen molar-refractivity contribution in [2.24, 2.45) is 5.73 Å². The summed E-state index contributed by atoms with van der Waals surface area (Å²) in [6, 6.07) is 4.20. The number of aliphatic carboxylic acids is 1. The minimum absolute atomic E-state index is 0.0785. The zero-order valence-electron chi connectivity index (χ0n) is 16.1. The second-order valence-corrected chi connectivity index (χ2v) is 6.34. The number of carboxylic acid groups (broad SMARTS) is 1. The van der Waals surface area contributed by atoms with Gasteiger partial charge in [-0.3, -0.25) is 24.6 Å². The molecule has 1 aromatic rings. The third-order valence-electron chi connectivity index (χ3n) is 4.40. The van der Waals surface area contributed by atoms with Gasteiger partial charge in [-0.2, -0.15) is 0 Å². The first-order valence-corrected chi connectivity index (χ1v) is 8.76. The van der Waals surface area contributed by atoms with Crippen LogP contribution in [0, 0.1) is 5.41 Å². The number of nitrogens with one attached hydrogen (secondary N) is 2. The zero-order chi connectivity index (χ0) is 22.4. The lowest BCUT2D eigenvalue weighted by Crippen LogP contribution is -2.63. The Morgan fingerprint density at radius 2 is 1.80 bits per heavy atom. The number of nitrogen functional groups attached to an aromatic ring is 1. The summed E-state index contributed by atoms with van der Waals surface area (Å²) in [5, 5.41) is 18.6. The van der Waals surface area contributed by atoms with Crippen LogP contribution in [0.4, 0.5) is 0 Å². The van der Waals surface area contributed by atoms with Gasteiger partial charge in [-0.25, -0.2) is 4.79 Å². The first kappa shape index (κ1) is 22.3. The molecule has 1 aliphatic heterocycles. The van der Waals surface area contributed by atoms with Gasteiger partial charge in [0.05, 0.1) is 13.7 Å². The van der Waals surface area contributed by atoms with Crippen LogP contribution in [-0.2, 0) is 23.9 Å². The highest BCUT2D eigenvalue weighted by atomic mass is 16.5. The molecule has 160 valence electrons. The number of rotatable bonds is 7. The number of hydrogen-bond donors (Lipinski definition) is 4. The monoisotopic (exact) mass is 419 g/mol. The van der Waals surface area contributed by atoms with Gasteiger partial charge >= 0.3 is 11.9 Å². The molecule has 12 heteroatoms. The van der Waals surface area contributed by atoms with Crippen molar-refractivity contribution in [1.29, 1.82) is 5.41 Å². The smallest absolute Gasteiger partial charge is 0.338 e. The second-order valence-electron chi connectivity index (χ2n) is 6.34. The molecule has 1 fully saturated rings. The van der Waals surface area contributed by atoms with Crippen LogP contribution in [0.5, 0.6) is 0 Å². The molecule has 0 bridgehead atoms. The standard InChI is InChI=1S/C18H21N5O7/c1-30-18(29)14-17(28)22(9-13(25)26)6-7-23(14)12(24)8-21-16(27)11-4-2-10(3-5-11)15(19)20/h2-5,14H,6-9H2,1H3,(H3,19,20)(H,21,27)(H,25,26). The van der Waals surface area contributed by atoms with Crippen molar-refractivity contribution in [2.45, 2.75) is 6.04 Å². The van der Waals surface area contributed by atoms with E-state index in [1.165, 1.54) is 24.3 Å². The molecule has 0 saturated carbocycles. The van der Waals surface area contributed by atoms with Crippen LogP contribution in [0.3, 0.4) is 0 Å². The molecule has 12 nitrogen and oxygen atoms in total. The van der Waals surface area contributed by atoms with E-state index in [9.17, 15) is 24.0 Å². The molecule has 0 spiro atoms. The van der Waals surface area contributed by atoms with Gasteiger partial charge in [-0.15, -0.1) is 0 Å². The highest BCUT2D eigenvalue weighted by Crippen LogP contribution is 2.13. The van der Waals surface area contributed by atoms with Crippen molar-refractivity contribution in [3.63, 3.8) is 0 Å². The van der Waals surface area contributed by atoms with E-state index < -0.39 is 48.8 Å². The molecule has 3 amide bonds. The first-order valence-electron chi connectivity index (χ1n) is 8.76. The third-order valence-corrected chi connectivity index (χ3v) is 4.40. The van der Waals surface area contributed by atoms with E-state index in [0.717, 1.165) is 16.9 Å². The van der Waals surface area contributed by atoms with Crippen LogP contribution >= 0.6 is 0 Å². The number of amides is 3. The topological polar surface area (TPSA) is 183 Å². The van der Waals surface area contributed by atoms with E-state index in [-0.39, 0.29) is 24.5 Å². The van der Waals surface area contributed by atoms with Crippen molar-refractivity contribution >= 4 is 35.5 Å². The number of nitrogens with zero attached hydrogens (tertiary/aromatic N) is 2. The molecule has 0 radical (unpaired) electrons. The Morgan fingerprint density at radius 3 is 2.33 bits per heavy atom. The Bertz CT molecular complexity index is 883. The molecule has 30 heavy (non-hydrogen) atoms. The van der Waals surface area contributed by atoms with Gasteiger partial charge < -0.3 is 30.7 Å². The summed E-state index contributed by atoms with van der Waals surface area (Å²) >= 11 is 0. The minimum atomic E-state index is -1.62. The van der Waals surface area contributed by atoms with Crippen molar-refractivity contribution < 1.29 is 33.8 Å². The lowest BCUT2D eigenvalue weighted by Gasteiger charge is -2.38. The summed E-state index contributed by atoms with van der Waals surface area (Å²) in [4.78, 5) is 62.1. The van der Waals surface area contributed by atoms with Crippen molar-refractivity contribution in [2.75, 3.05) is 33.3 Å². The van der Waals surface area contributed by atoms with Gasteiger partial charge in [0.2, 0.25) is 11.9 Å². The summed E-state index contributed by atoms with van der Waals surface area (Å²) < 4.78 is 4.58. The van der Waals surface area contributed by atoms with Gasteiger partial charge in [-0.1, -0.05) is 12.1 Å². The Hall–Kier alpha value is -3.96. The maximum absolute atomic E-state index is 12.6. The summed E-state index contributed by atoms with van der Waals surface area (Å²) in [5.41, 5.74) is 6.00. The number of benzene rings is 1. The number of hydrogen-bond acceptors (Lipinski definition) is 7. The van der Waals surface area contributed by atoms with Crippen LogP contribution in [-0.4, -0.2) is 89.7 Å². The third kappa shape index (κ3) is 5.10. The number of piperazine rings is 1. The summed E-state index contributed by atoms with van der Waals surface area (Å²) in [5.74, 6) is -4.57. The number of nitrogens with two attached hydrogens (primary N) is 1. The molecule has 1 atom stereocenters. The molecule has 5 N–H and O–H groups in total. The van der Waals surface area contributed by atoms with E-state index in [1.807, 2.05) is 0 Å². The maximum atomic E-state index is 12.6. The Balaban J connectivity index is 2.06. The zero-order valence-corrected chi connectivity index (χ0v) is 16.1. The molecule has 1 saturated heterocycles. The van der Waals surface area contributed by atoms with Gasteiger partial charge in [0.1, 0.15) is 12.4 Å². The van der Waals surface area contributed by atoms with Crippen molar-refractivity contribution in [1.82, 2.24) is 15.1 Å². The van der Waals surface area contributed by atoms with E-state index in [1.54, 1.807) is 0 Å². The maximum Gasteiger partial charge on any atom is 0.338 e. The second kappa shape index (κ2) is 9.49. The average molecular weight is 419 g/mol. The predicted molar refractivity (Wildman–Crippen MR) is 102 cm³/mol. The molecule has 1 aromatic carbocycles. The number of ether oxygens (including phenoxy) is 1.